The molecule has 16 heavy (non-hydrogen) atoms. The van der Waals surface area contributed by atoms with E-state index in [1.807, 2.05) is 18.7 Å². The SMILES string of the molecule is CC(C)C(N)CCN(C)CCn1ccnc1. The lowest BCUT2D eigenvalue weighted by molar-refractivity contribution is 0.292. The zero-order valence-corrected chi connectivity index (χ0v) is 10.6. The monoisotopic (exact) mass is 224 g/mol. The number of hydrogen-bond acceptors (Lipinski definition) is 3. The van der Waals surface area contributed by atoms with Crippen LogP contribution in [0, 0.1) is 5.92 Å². The molecule has 1 rings (SSSR count). The zero-order valence-electron chi connectivity index (χ0n) is 10.6. The zero-order chi connectivity index (χ0) is 12.0. The summed E-state index contributed by atoms with van der Waals surface area (Å²) in [5, 5.41) is 0. The van der Waals surface area contributed by atoms with Crippen LogP contribution in [-0.4, -0.2) is 40.6 Å². The Balaban J connectivity index is 2.13. The van der Waals surface area contributed by atoms with Gasteiger partial charge in [-0.05, 0) is 25.9 Å². The van der Waals surface area contributed by atoms with Crippen LogP contribution in [0.3, 0.4) is 0 Å². The van der Waals surface area contributed by atoms with Crippen LogP contribution in [0.5, 0.6) is 0 Å². The summed E-state index contributed by atoms with van der Waals surface area (Å²) in [7, 11) is 2.14. The predicted molar refractivity (Wildman–Crippen MR) is 67.2 cm³/mol. The first-order chi connectivity index (χ1) is 7.59. The molecule has 0 aliphatic heterocycles. The quantitative estimate of drug-likeness (QED) is 0.757. The molecule has 0 aliphatic rings. The second-order valence-electron chi connectivity index (χ2n) is 4.80. The highest BCUT2D eigenvalue weighted by Crippen LogP contribution is 2.03. The molecule has 92 valence electrons. The minimum Gasteiger partial charge on any atom is -0.336 e. The van der Waals surface area contributed by atoms with Crippen LogP contribution in [0.15, 0.2) is 18.7 Å². The molecule has 0 spiro atoms. The topological polar surface area (TPSA) is 47.1 Å². The van der Waals surface area contributed by atoms with Crippen LogP contribution in [0.1, 0.15) is 20.3 Å². The molecule has 4 nitrogen and oxygen atoms in total. The van der Waals surface area contributed by atoms with E-state index in [1.165, 1.54) is 0 Å². The number of imidazole rings is 1. The first kappa shape index (κ1) is 13.2. The van der Waals surface area contributed by atoms with E-state index in [0.717, 1.165) is 26.1 Å². The van der Waals surface area contributed by atoms with E-state index >= 15 is 0 Å². The van der Waals surface area contributed by atoms with Crippen molar-refractivity contribution in [2.45, 2.75) is 32.9 Å². The number of rotatable bonds is 7. The molecule has 0 saturated carbocycles. The van der Waals surface area contributed by atoms with Crippen LogP contribution in [-0.2, 0) is 6.54 Å². The maximum atomic E-state index is 6.01. The molecule has 1 unspecified atom stereocenters. The summed E-state index contributed by atoms with van der Waals surface area (Å²) in [6.07, 6.45) is 6.73. The third-order valence-electron chi connectivity index (χ3n) is 3.00. The van der Waals surface area contributed by atoms with Gasteiger partial charge in [0.2, 0.25) is 0 Å². The molecule has 2 N–H and O–H groups in total. The first-order valence-electron chi connectivity index (χ1n) is 5.99. The Morgan fingerprint density at radius 3 is 2.69 bits per heavy atom. The Morgan fingerprint density at radius 1 is 1.38 bits per heavy atom. The fourth-order valence-corrected chi connectivity index (χ4v) is 1.52. The fourth-order valence-electron chi connectivity index (χ4n) is 1.52. The molecule has 0 radical (unpaired) electrons. The van der Waals surface area contributed by atoms with Gasteiger partial charge in [0.25, 0.3) is 0 Å². The van der Waals surface area contributed by atoms with Gasteiger partial charge in [0.1, 0.15) is 0 Å². The van der Waals surface area contributed by atoms with E-state index in [9.17, 15) is 0 Å². The summed E-state index contributed by atoms with van der Waals surface area (Å²) in [4.78, 5) is 6.34. The van der Waals surface area contributed by atoms with Gasteiger partial charge in [0.15, 0.2) is 0 Å². The number of nitrogens with two attached hydrogens (primary N) is 1. The van der Waals surface area contributed by atoms with Crippen LogP contribution in [0.25, 0.3) is 0 Å². The second-order valence-corrected chi connectivity index (χ2v) is 4.80. The van der Waals surface area contributed by atoms with Gasteiger partial charge in [-0.25, -0.2) is 4.98 Å². The van der Waals surface area contributed by atoms with Crippen molar-refractivity contribution in [2.24, 2.45) is 11.7 Å². The van der Waals surface area contributed by atoms with E-state index in [0.29, 0.717) is 12.0 Å². The third-order valence-corrected chi connectivity index (χ3v) is 3.00. The van der Waals surface area contributed by atoms with Gasteiger partial charge in [-0.2, -0.15) is 0 Å². The van der Waals surface area contributed by atoms with Gasteiger partial charge >= 0.3 is 0 Å². The molecule has 1 heterocycles. The first-order valence-corrected chi connectivity index (χ1v) is 5.99. The highest BCUT2D eigenvalue weighted by Gasteiger charge is 2.08. The predicted octanol–water partition coefficient (Wildman–Crippen LogP) is 1.19. The van der Waals surface area contributed by atoms with Crippen molar-refractivity contribution in [3.8, 4) is 0 Å². The summed E-state index contributed by atoms with van der Waals surface area (Å²) < 4.78 is 2.10. The van der Waals surface area contributed by atoms with Gasteiger partial charge in [0.05, 0.1) is 6.33 Å². The minimum atomic E-state index is 0.315. The number of hydrogen-bond donors (Lipinski definition) is 1. The lowest BCUT2D eigenvalue weighted by Gasteiger charge is -2.21. The van der Waals surface area contributed by atoms with Crippen LogP contribution >= 0.6 is 0 Å². The number of aromatic nitrogens is 2. The molecule has 1 aromatic rings. The Bertz CT molecular complexity index is 269. The molecule has 0 saturated heterocycles. The van der Waals surface area contributed by atoms with Gasteiger partial charge < -0.3 is 15.2 Å². The van der Waals surface area contributed by atoms with Gasteiger partial charge in [0, 0.05) is 31.5 Å². The largest absolute Gasteiger partial charge is 0.336 e. The van der Waals surface area contributed by atoms with E-state index < -0.39 is 0 Å². The molecule has 0 aromatic carbocycles. The maximum Gasteiger partial charge on any atom is 0.0946 e. The van der Waals surface area contributed by atoms with Crippen molar-refractivity contribution in [3.05, 3.63) is 18.7 Å². The van der Waals surface area contributed by atoms with E-state index in [1.54, 1.807) is 0 Å². The minimum absolute atomic E-state index is 0.315. The molecule has 0 bridgehead atoms. The molecule has 0 aliphatic carbocycles. The van der Waals surface area contributed by atoms with Gasteiger partial charge in [-0.15, -0.1) is 0 Å². The van der Waals surface area contributed by atoms with Crippen molar-refractivity contribution in [1.29, 1.82) is 0 Å². The van der Waals surface area contributed by atoms with Gasteiger partial charge in [-0.1, -0.05) is 13.8 Å². The fraction of sp³-hybridized carbons (Fsp3) is 0.750. The molecular formula is C12H24N4. The van der Waals surface area contributed by atoms with Crippen molar-refractivity contribution < 1.29 is 0 Å². The molecule has 1 aromatic heterocycles. The smallest absolute Gasteiger partial charge is 0.0946 e. The average Bonchev–Trinajstić information content (AvgIpc) is 2.75. The lowest BCUT2D eigenvalue weighted by atomic mass is 10.0. The van der Waals surface area contributed by atoms with Crippen molar-refractivity contribution in [3.63, 3.8) is 0 Å². The molecule has 4 heteroatoms. The van der Waals surface area contributed by atoms with Crippen molar-refractivity contribution >= 4 is 0 Å². The van der Waals surface area contributed by atoms with Crippen molar-refractivity contribution in [2.75, 3.05) is 20.1 Å². The summed E-state index contributed by atoms with van der Waals surface area (Å²) in [5.41, 5.74) is 6.01. The van der Waals surface area contributed by atoms with E-state index in [4.69, 9.17) is 5.73 Å². The van der Waals surface area contributed by atoms with E-state index in [2.05, 4.69) is 35.3 Å². The Labute approximate surface area is 98.5 Å². The normalized spacial score (nSPS) is 13.6. The summed E-state index contributed by atoms with van der Waals surface area (Å²) in [6.45, 7) is 7.45. The standard InChI is InChI=1S/C12H24N4/c1-11(2)12(13)4-6-15(3)8-9-16-7-5-14-10-16/h5,7,10-12H,4,6,8-9,13H2,1-3H3. The highest BCUT2D eigenvalue weighted by atomic mass is 15.1. The van der Waals surface area contributed by atoms with Crippen LogP contribution in [0.4, 0.5) is 0 Å². The van der Waals surface area contributed by atoms with E-state index in [-0.39, 0.29) is 0 Å². The number of likely N-dealkylation sites (N-methyl/N-ethyl adjacent to an activating group) is 1. The number of nitrogens with zero attached hydrogens (tertiary/aromatic N) is 3. The Hall–Kier alpha value is -0.870. The molecule has 1 atom stereocenters. The molecular weight excluding hydrogens is 200 g/mol. The molecule has 0 amide bonds. The van der Waals surface area contributed by atoms with Crippen LogP contribution < -0.4 is 5.73 Å². The Kier molecular flexibility index (Phi) is 5.49. The average molecular weight is 224 g/mol. The third kappa shape index (κ3) is 4.77. The second kappa shape index (κ2) is 6.66. The van der Waals surface area contributed by atoms with Gasteiger partial charge in [-0.3, -0.25) is 0 Å². The van der Waals surface area contributed by atoms with Crippen molar-refractivity contribution in [1.82, 2.24) is 14.5 Å². The summed E-state index contributed by atoms with van der Waals surface area (Å²) in [5.74, 6) is 0.571. The summed E-state index contributed by atoms with van der Waals surface area (Å²) in [6, 6.07) is 0.315. The van der Waals surface area contributed by atoms with Crippen LogP contribution in [0.2, 0.25) is 0 Å². The highest BCUT2D eigenvalue weighted by molar-refractivity contribution is 4.74. The molecule has 0 fully saturated rings. The summed E-state index contributed by atoms with van der Waals surface area (Å²) >= 11 is 0. The lowest BCUT2D eigenvalue weighted by Crippen LogP contribution is -2.33. The maximum absolute atomic E-state index is 6.01. The Morgan fingerprint density at radius 2 is 2.12 bits per heavy atom.